The van der Waals surface area contributed by atoms with Crippen LogP contribution in [0, 0.1) is 5.41 Å². The van der Waals surface area contributed by atoms with Crippen LogP contribution in [0.1, 0.15) is 23.2 Å². The third-order valence-electron chi connectivity index (χ3n) is 4.99. The highest BCUT2D eigenvalue weighted by atomic mass is 16.5. The zero-order valence-corrected chi connectivity index (χ0v) is 15.7. The number of anilines is 1. The fourth-order valence-corrected chi connectivity index (χ4v) is 3.04. The summed E-state index contributed by atoms with van der Waals surface area (Å²) in [5.74, 6) is 1.25. The number of rotatable bonds is 7. The molecule has 0 spiro atoms. The number of methoxy groups -OCH3 is 1. The molecule has 1 amide bonds. The van der Waals surface area contributed by atoms with E-state index < -0.39 is 5.41 Å². The Morgan fingerprint density at radius 3 is 2.48 bits per heavy atom. The van der Waals surface area contributed by atoms with E-state index in [0.29, 0.717) is 52.2 Å². The number of carbonyl (C=O) groups excluding carboxylic acids is 3. The minimum absolute atomic E-state index is 0.281. The van der Waals surface area contributed by atoms with E-state index in [2.05, 4.69) is 10.3 Å². The van der Waals surface area contributed by atoms with E-state index in [1.54, 1.807) is 48.7 Å². The van der Waals surface area contributed by atoms with Crippen molar-refractivity contribution in [3.8, 4) is 17.2 Å². The lowest BCUT2D eigenvalue weighted by atomic mass is 10.1. The molecule has 1 N–H and O–H groups in total. The van der Waals surface area contributed by atoms with Crippen molar-refractivity contribution >= 4 is 35.1 Å². The standard InChI is InChI=1S/C22H18N2O5/c1-28-20-11-18-17(10-14(20)12-25)19(6-9-23-18)29-16-4-2-15(3-5-16)24-21(27)22(13-26)7-8-22/h2-6,9-13H,7-8H2,1H3,(H,24,27). The Morgan fingerprint density at radius 2 is 1.86 bits per heavy atom. The fraction of sp³-hybridized carbons (Fsp3) is 0.182. The second kappa shape index (κ2) is 7.35. The van der Waals surface area contributed by atoms with Gasteiger partial charge >= 0.3 is 0 Å². The van der Waals surface area contributed by atoms with Crippen LogP contribution in [0.2, 0.25) is 0 Å². The molecule has 7 heteroatoms. The molecule has 1 fully saturated rings. The van der Waals surface area contributed by atoms with Crippen LogP contribution in [0.15, 0.2) is 48.7 Å². The maximum Gasteiger partial charge on any atom is 0.237 e. The summed E-state index contributed by atoms with van der Waals surface area (Å²) in [5, 5.41) is 3.43. The van der Waals surface area contributed by atoms with Gasteiger partial charge in [-0.15, -0.1) is 0 Å². The Bertz CT molecular complexity index is 1100. The number of aldehydes is 2. The summed E-state index contributed by atoms with van der Waals surface area (Å²) in [4.78, 5) is 38.8. The van der Waals surface area contributed by atoms with Gasteiger partial charge in [0.05, 0.1) is 18.2 Å². The molecule has 0 bridgehead atoms. The van der Waals surface area contributed by atoms with Gasteiger partial charge in [0, 0.05) is 23.3 Å². The van der Waals surface area contributed by atoms with Gasteiger partial charge in [0.25, 0.3) is 0 Å². The van der Waals surface area contributed by atoms with Gasteiger partial charge in [-0.1, -0.05) is 0 Å². The SMILES string of the molecule is COc1cc2nccc(Oc3ccc(NC(=O)C4(C=O)CC4)cc3)c2cc1C=O. The van der Waals surface area contributed by atoms with Crippen LogP contribution in [0.4, 0.5) is 5.69 Å². The van der Waals surface area contributed by atoms with E-state index in [1.807, 2.05) is 0 Å². The highest BCUT2D eigenvalue weighted by Crippen LogP contribution is 2.44. The van der Waals surface area contributed by atoms with E-state index in [9.17, 15) is 14.4 Å². The summed E-state index contributed by atoms with van der Waals surface area (Å²) >= 11 is 0. The molecular weight excluding hydrogens is 372 g/mol. The van der Waals surface area contributed by atoms with Gasteiger partial charge in [-0.05, 0) is 49.2 Å². The van der Waals surface area contributed by atoms with Crippen molar-refractivity contribution in [2.45, 2.75) is 12.8 Å². The van der Waals surface area contributed by atoms with Crippen molar-refractivity contribution < 1.29 is 23.9 Å². The first-order chi connectivity index (χ1) is 14.1. The Balaban J connectivity index is 1.56. The summed E-state index contributed by atoms with van der Waals surface area (Å²) < 4.78 is 11.2. The maximum absolute atomic E-state index is 12.1. The molecule has 1 aliphatic rings. The average molecular weight is 390 g/mol. The number of nitrogens with one attached hydrogen (secondary N) is 1. The van der Waals surface area contributed by atoms with Crippen molar-refractivity contribution in [2.24, 2.45) is 5.41 Å². The minimum Gasteiger partial charge on any atom is -0.496 e. The monoisotopic (exact) mass is 390 g/mol. The summed E-state index contributed by atoms with van der Waals surface area (Å²) in [6, 6.07) is 11.9. The van der Waals surface area contributed by atoms with Crippen LogP contribution in [-0.4, -0.2) is 30.6 Å². The van der Waals surface area contributed by atoms with Gasteiger partial charge in [0.1, 0.15) is 28.9 Å². The second-order valence-corrected chi connectivity index (χ2v) is 6.89. The van der Waals surface area contributed by atoms with E-state index >= 15 is 0 Å². The zero-order chi connectivity index (χ0) is 20.4. The summed E-state index contributed by atoms with van der Waals surface area (Å²) in [5.41, 5.74) is 0.767. The van der Waals surface area contributed by atoms with E-state index in [-0.39, 0.29) is 5.91 Å². The Hall–Kier alpha value is -3.74. The molecule has 0 radical (unpaired) electrons. The number of aromatic nitrogens is 1. The number of pyridine rings is 1. The molecule has 0 unspecified atom stereocenters. The van der Waals surface area contributed by atoms with Crippen molar-refractivity contribution in [1.29, 1.82) is 0 Å². The van der Waals surface area contributed by atoms with Crippen molar-refractivity contribution in [1.82, 2.24) is 4.98 Å². The Labute approximate surface area is 166 Å². The first kappa shape index (κ1) is 18.6. The molecule has 29 heavy (non-hydrogen) atoms. The van der Waals surface area contributed by atoms with E-state index in [4.69, 9.17) is 9.47 Å². The van der Waals surface area contributed by atoms with E-state index in [1.165, 1.54) is 7.11 Å². The number of carbonyl (C=O) groups is 3. The van der Waals surface area contributed by atoms with Crippen molar-refractivity contribution in [3.05, 3.63) is 54.2 Å². The number of hydrogen-bond donors (Lipinski definition) is 1. The largest absolute Gasteiger partial charge is 0.496 e. The number of ether oxygens (including phenoxy) is 2. The van der Waals surface area contributed by atoms with Crippen LogP contribution >= 0.6 is 0 Å². The Morgan fingerprint density at radius 1 is 1.10 bits per heavy atom. The van der Waals surface area contributed by atoms with Crippen molar-refractivity contribution in [2.75, 3.05) is 12.4 Å². The number of amides is 1. The zero-order valence-electron chi connectivity index (χ0n) is 15.7. The molecule has 0 atom stereocenters. The lowest BCUT2D eigenvalue weighted by Gasteiger charge is -2.12. The van der Waals surface area contributed by atoms with Crippen molar-refractivity contribution in [3.63, 3.8) is 0 Å². The molecule has 0 saturated heterocycles. The Kier molecular flexibility index (Phi) is 4.72. The molecule has 1 aromatic heterocycles. The van der Waals surface area contributed by atoms with E-state index in [0.717, 1.165) is 12.6 Å². The number of nitrogens with zero attached hydrogens (tertiary/aromatic N) is 1. The van der Waals surface area contributed by atoms with Gasteiger partial charge in [0.2, 0.25) is 5.91 Å². The topological polar surface area (TPSA) is 94.6 Å². The normalized spacial score (nSPS) is 14.1. The third-order valence-corrected chi connectivity index (χ3v) is 4.99. The van der Waals surface area contributed by atoms with Gasteiger partial charge < -0.3 is 19.6 Å². The van der Waals surface area contributed by atoms with Crippen LogP contribution in [-0.2, 0) is 9.59 Å². The van der Waals surface area contributed by atoms with Crippen LogP contribution in [0.3, 0.4) is 0 Å². The third kappa shape index (κ3) is 3.54. The summed E-state index contributed by atoms with van der Waals surface area (Å²) in [7, 11) is 1.50. The molecule has 2 aromatic carbocycles. The maximum atomic E-state index is 12.1. The first-order valence-corrected chi connectivity index (χ1v) is 9.06. The molecule has 1 aliphatic carbocycles. The minimum atomic E-state index is -0.859. The smallest absolute Gasteiger partial charge is 0.237 e. The predicted octanol–water partition coefficient (Wildman–Crippen LogP) is 3.77. The van der Waals surface area contributed by atoms with Crippen LogP contribution < -0.4 is 14.8 Å². The molecular formula is C22H18N2O5. The molecule has 0 aliphatic heterocycles. The molecule has 1 saturated carbocycles. The summed E-state index contributed by atoms with van der Waals surface area (Å²) in [6.07, 6.45) is 4.23. The quantitative estimate of drug-likeness (QED) is 0.487. The van der Waals surface area contributed by atoms with Gasteiger partial charge in [0.15, 0.2) is 6.29 Å². The van der Waals surface area contributed by atoms with Crippen LogP contribution in [0.25, 0.3) is 10.9 Å². The molecule has 7 nitrogen and oxygen atoms in total. The lowest BCUT2D eigenvalue weighted by Crippen LogP contribution is -2.25. The lowest BCUT2D eigenvalue weighted by molar-refractivity contribution is -0.126. The van der Waals surface area contributed by atoms with Crippen LogP contribution in [0.5, 0.6) is 17.2 Å². The highest BCUT2D eigenvalue weighted by Gasteiger charge is 2.50. The number of fused-ring (bicyclic) bond motifs is 1. The molecule has 146 valence electrons. The first-order valence-electron chi connectivity index (χ1n) is 9.06. The second-order valence-electron chi connectivity index (χ2n) is 6.89. The van der Waals surface area contributed by atoms with Gasteiger partial charge in [-0.2, -0.15) is 0 Å². The molecule has 1 heterocycles. The highest BCUT2D eigenvalue weighted by molar-refractivity contribution is 6.07. The van der Waals surface area contributed by atoms with Gasteiger partial charge in [-0.3, -0.25) is 14.6 Å². The number of benzene rings is 2. The fourth-order valence-electron chi connectivity index (χ4n) is 3.04. The average Bonchev–Trinajstić information content (AvgIpc) is 3.56. The molecule has 3 aromatic rings. The predicted molar refractivity (Wildman–Crippen MR) is 107 cm³/mol. The number of hydrogen-bond acceptors (Lipinski definition) is 6. The van der Waals surface area contributed by atoms with Gasteiger partial charge in [-0.25, -0.2) is 0 Å². The summed E-state index contributed by atoms with van der Waals surface area (Å²) in [6.45, 7) is 0. The molecule has 4 rings (SSSR count).